The van der Waals surface area contributed by atoms with E-state index in [1.54, 1.807) is 17.4 Å². The van der Waals surface area contributed by atoms with Gasteiger partial charge in [-0.25, -0.2) is 0 Å². The second kappa shape index (κ2) is 7.41. The van der Waals surface area contributed by atoms with Crippen molar-refractivity contribution in [3.05, 3.63) is 28.0 Å². The topological polar surface area (TPSA) is 66.4 Å². The van der Waals surface area contributed by atoms with Gasteiger partial charge < -0.3 is 10.4 Å². The number of nitrogens with one attached hydrogen (secondary N) is 1. The number of aryl methyl sites for hydroxylation is 1. The lowest BCUT2D eigenvalue weighted by atomic mass is 9.82. The molecule has 0 saturated heterocycles. The lowest BCUT2D eigenvalue weighted by Crippen LogP contribution is -2.31. The van der Waals surface area contributed by atoms with Gasteiger partial charge in [-0.1, -0.05) is 0 Å². The van der Waals surface area contributed by atoms with E-state index in [0.29, 0.717) is 12.5 Å². The highest BCUT2D eigenvalue weighted by molar-refractivity contribution is 7.12. The van der Waals surface area contributed by atoms with Gasteiger partial charge >= 0.3 is 5.97 Å². The lowest BCUT2D eigenvalue weighted by molar-refractivity contribution is -0.143. The summed E-state index contributed by atoms with van der Waals surface area (Å²) in [5.74, 6) is -0.561. The number of thiophene rings is 1. The Morgan fingerprint density at radius 1 is 1.33 bits per heavy atom. The van der Waals surface area contributed by atoms with Crippen LogP contribution in [0.15, 0.2) is 18.2 Å². The number of rotatable bonds is 5. The van der Waals surface area contributed by atoms with Crippen LogP contribution in [-0.2, 0) is 9.59 Å². The lowest BCUT2D eigenvalue weighted by Gasteiger charge is -2.25. The summed E-state index contributed by atoms with van der Waals surface area (Å²) < 4.78 is 0. The van der Waals surface area contributed by atoms with E-state index in [1.165, 1.54) is 4.88 Å². The van der Waals surface area contributed by atoms with Gasteiger partial charge in [0.05, 0.1) is 5.92 Å². The highest BCUT2D eigenvalue weighted by Crippen LogP contribution is 2.28. The molecule has 0 aromatic carbocycles. The van der Waals surface area contributed by atoms with Crippen LogP contribution < -0.4 is 5.32 Å². The van der Waals surface area contributed by atoms with Crippen LogP contribution in [0.4, 0.5) is 0 Å². The molecular formula is C16H21NO3S. The molecule has 2 N–H and O–H groups in total. The molecule has 0 radical (unpaired) electrons. The van der Waals surface area contributed by atoms with Gasteiger partial charge in [0.15, 0.2) is 0 Å². The standard InChI is InChI=1S/C16H21NO3S/c1-11-2-7-14(21-11)8-9-15(18)17-10-12-3-5-13(6-4-12)16(19)20/h2,7-9,12-13H,3-6,10H2,1H3,(H,17,18)(H,19,20)/b9-8+. The van der Waals surface area contributed by atoms with E-state index in [4.69, 9.17) is 5.11 Å². The summed E-state index contributed by atoms with van der Waals surface area (Å²) in [5.41, 5.74) is 0. The minimum atomic E-state index is -0.688. The second-order valence-corrected chi connectivity index (χ2v) is 6.90. The Balaban J connectivity index is 1.70. The third-order valence-corrected chi connectivity index (χ3v) is 4.89. The molecule has 5 heteroatoms. The van der Waals surface area contributed by atoms with Gasteiger partial charge in [0.1, 0.15) is 0 Å². The van der Waals surface area contributed by atoms with Crippen LogP contribution in [0.3, 0.4) is 0 Å². The van der Waals surface area contributed by atoms with Gasteiger partial charge in [-0.15, -0.1) is 11.3 Å². The maximum atomic E-state index is 11.8. The Morgan fingerprint density at radius 2 is 2.05 bits per heavy atom. The highest BCUT2D eigenvalue weighted by Gasteiger charge is 2.25. The van der Waals surface area contributed by atoms with Crippen molar-refractivity contribution in [3.63, 3.8) is 0 Å². The van der Waals surface area contributed by atoms with Crippen LogP contribution >= 0.6 is 11.3 Å². The molecule has 0 atom stereocenters. The van der Waals surface area contributed by atoms with Crippen molar-refractivity contribution < 1.29 is 14.7 Å². The monoisotopic (exact) mass is 307 g/mol. The van der Waals surface area contributed by atoms with E-state index in [2.05, 4.69) is 5.32 Å². The Morgan fingerprint density at radius 3 is 2.62 bits per heavy atom. The van der Waals surface area contributed by atoms with Gasteiger partial charge in [0, 0.05) is 22.4 Å². The normalized spacial score (nSPS) is 22.3. The fourth-order valence-corrected chi connectivity index (χ4v) is 3.40. The van der Waals surface area contributed by atoms with Crippen molar-refractivity contribution in [2.45, 2.75) is 32.6 Å². The van der Waals surface area contributed by atoms with Crippen LogP contribution in [0.5, 0.6) is 0 Å². The van der Waals surface area contributed by atoms with Gasteiger partial charge in [0.2, 0.25) is 5.91 Å². The summed E-state index contributed by atoms with van der Waals surface area (Å²) in [6.07, 6.45) is 6.60. The van der Waals surface area contributed by atoms with Crippen LogP contribution in [0.2, 0.25) is 0 Å². The zero-order valence-electron chi connectivity index (χ0n) is 12.2. The molecule has 0 aliphatic heterocycles. The molecule has 114 valence electrons. The van der Waals surface area contributed by atoms with E-state index in [-0.39, 0.29) is 11.8 Å². The molecule has 2 rings (SSSR count). The highest BCUT2D eigenvalue weighted by atomic mass is 32.1. The van der Waals surface area contributed by atoms with Crippen molar-refractivity contribution >= 4 is 29.3 Å². The third-order valence-electron chi connectivity index (χ3n) is 3.92. The Kier molecular flexibility index (Phi) is 5.56. The smallest absolute Gasteiger partial charge is 0.306 e. The average Bonchev–Trinajstić information content (AvgIpc) is 2.89. The summed E-state index contributed by atoms with van der Waals surface area (Å²) in [6, 6.07) is 4.03. The Bertz CT molecular complexity index is 527. The predicted molar refractivity (Wildman–Crippen MR) is 84.2 cm³/mol. The number of amides is 1. The minimum absolute atomic E-state index is 0.0820. The molecule has 1 aromatic heterocycles. The van der Waals surface area contributed by atoms with Crippen LogP contribution in [0, 0.1) is 18.8 Å². The van der Waals surface area contributed by atoms with Gasteiger partial charge in [-0.3, -0.25) is 9.59 Å². The first-order valence-corrected chi connectivity index (χ1v) is 8.11. The van der Waals surface area contributed by atoms with E-state index in [9.17, 15) is 9.59 Å². The third kappa shape index (κ3) is 5.01. The van der Waals surface area contributed by atoms with Crippen molar-refractivity contribution in [1.82, 2.24) is 5.32 Å². The first-order valence-electron chi connectivity index (χ1n) is 7.29. The van der Waals surface area contributed by atoms with Crippen LogP contribution in [-0.4, -0.2) is 23.5 Å². The van der Waals surface area contributed by atoms with E-state index in [1.807, 2.05) is 25.1 Å². The Hall–Kier alpha value is -1.62. The van der Waals surface area contributed by atoms with E-state index < -0.39 is 5.97 Å². The number of hydrogen-bond acceptors (Lipinski definition) is 3. The van der Waals surface area contributed by atoms with Crippen LogP contribution in [0.25, 0.3) is 6.08 Å². The molecule has 1 aliphatic carbocycles. The summed E-state index contributed by atoms with van der Waals surface area (Å²) in [4.78, 5) is 24.9. The molecular weight excluding hydrogens is 286 g/mol. The summed E-state index contributed by atoms with van der Waals surface area (Å²) >= 11 is 1.66. The predicted octanol–water partition coefficient (Wildman–Crippen LogP) is 3.08. The number of carboxylic acids is 1. The molecule has 1 saturated carbocycles. The fraction of sp³-hybridized carbons (Fsp3) is 0.500. The molecule has 0 spiro atoms. The fourth-order valence-electron chi connectivity index (χ4n) is 2.62. The molecule has 21 heavy (non-hydrogen) atoms. The minimum Gasteiger partial charge on any atom is -0.481 e. The molecule has 4 nitrogen and oxygen atoms in total. The maximum Gasteiger partial charge on any atom is 0.306 e. The molecule has 1 heterocycles. The molecule has 0 bridgehead atoms. The van der Waals surface area contributed by atoms with Crippen molar-refractivity contribution in [3.8, 4) is 0 Å². The molecule has 1 aromatic rings. The zero-order chi connectivity index (χ0) is 15.2. The summed E-state index contributed by atoms with van der Waals surface area (Å²) in [5, 5.41) is 11.8. The SMILES string of the molecule is Cc1ccc(/C=C/C(=O)NCC2CCC(C(=O)O)CC2)s1. The number of hydrogen-bond donors (Lipinski definition) is 2. The number of aliphatic carboxylic acids is 1. The van der Waals surface area contributed by atoms with Gasteiger partial charge in [-0.2, -0.15) is 0 Å². The average molecular weight is 307 g/mol. The van der Waals surface area contributed by atoms with Crippen LogP contribution in [0.1, 0.15) is 35.4 Å². The Labute approximate surface area is 128 Å². The largest absolute Gasteiger partial charge is 0.481 e. The van der Waals surface area contributed by atoms with Gasteiger partial charge in [-0.05, 0) is 56.7 Å². The second-order valence-electron chi connectivity index (χ2n) is 5.58. The van der Waals surface area contributed by atoms with Crippen molar-refractivity contribution in [2.75, 3.05) is 6.54 Å². The number of carbonyl (C=O) groups is 2. The molecule has 1 fully saturated rings. The molecule has 1 amide bonds. The first-order chi connectivity index (χ1) is 10.0. The maximum absolute atomic E-state index is 11.8. The zero-order valence-corrected chi connectivity index (χ0v) is 13.0. The molecule has 1 aliphatic rings. The first kappa shape index (κ1) is 15.8. The quantitative estimate of drug-likeness (QED) is 0.822. The van der Waals surface area contributed by atoms with E-state index in [0.717, 1.165) is 30.6 Å². The summed E-state index contributed by atoms with van der Waals surface area (Å²) in [6.45, 7) is 2.68. The van der Waals surface area contributed by atoms with Gasteiger partial charge in [0.25, 0.3) is 0 Å². The summed E-state index contributed by atoms with van der Waals surface area (Å²) in [7, 11) is 0. The van der Waals surface area contributed by atoms with Crippen molar-refractivity contribution in [1.29, 1.82) is 0 Å². The van der Waals surface area contributed by atoms with E-state index >= 15 is 0 Å². The number of carbonyl (C=O) groups excluding carboxylic acids is 1. The van der Waals surface area contributed by atoms with Crippen molar-refractivity contribution in [2.24, 2.45) is 11.8 Å². The number of carboxylic acid groups (broad SMARTS) is 1. The molecule has 0 unspecified atom stereocenters.